The lowest BCUT2D eigenvalue weighted by Gasteiger charge is -2.13. The zero-order chi connectivity index (χ0) is 16.9. The normalized spacial score (nSPS) is 11.1. The van der Waals surface area contributed by atoms with Gasteiger partial charge < -0.3 is 10.1 Å². The van der Waals surface area contributed by atoms with Gasteiger partial charge in [-0.15, -0.1) is 0 Å². The van der Waals surface area contributed by atoms with Gasteiger partial charge in [0.15, 0.2) is 0 Å². The minimum atomic E-state index is -4.42. The van der Waals surface area contributed by atoms with Crippen molar-refractivity contribution in [2.45, 2.75) is 19.6 Å². The van der Waals surface area contributed by atoms with Crippen LogP contribution in [0.15, 0.2) is 36.7 Å². The molecule has 0 bridgehead atoms. The molecule has 122 valence electrons. The molecule has 2 rings (SSSR count). The molecule has 0 unspecified atom stereocenters. The smallest absolute Gasteiger partial charge is 0.416 e. The van der Waals surface area contributed by atoms with Gasteiger partial charge in [-0.05, 0) is 18.6 Å². The third-order valence-electron chi connectivity index (χ3n) is 2.92. The highest BCUT2D eigenvalue weighted by Gasteiger charge is 2.32. The van der Waals surface area contributed by atoms with E-state index in [9.17, 15) is 18.0 Å². The molecule has 0 spiro atoms. The second-order valence-corrected chi connectivity index (χ2v) is 4.52. The number of rotatable bonds is 5. The molecule has 0 aliphatic carbocycles. The van der Waals surface area contributed by atoms with Gasteiger partial charge in [0, 0.05) is 18.9 Å². The van der Waals surface area contributed by atoms with Gasteiger partial charge in [0.1, 0.15) is 0 Å². The number of ether oxygens (including phenoxy) is 1. The topological polar surface area (TPSA) is 64.1 Å². The van der Waals surface area contributed by atoms with Crippen molar-refractivity contribution in [2.24, 2.45) is 0 Å². The van der Waals surface area contributed by atoms with Crippen LogP contribution in [0.5, 0.6) is 0 Å². The fraction of sp³-hybridized carbons (Fsp3) is 0.267. The van der Waals surface area contributed by atoms with E-state index in [0.717, 1.165) is 6.07 Å². The van der Waals surface area contributed by atoms with Crippen molar-refractivity contribution in [3.63, 3.8) is 0 Å². The number of aromatic nitrogens is 2. The number of hydrogen-bond donors (Lipinski definition) is 1. The highest BCUT2D eigenvalue weighted by Crippen LogP contribution is 2.31. The van der Waals surface area contributed by atoms with Gasteiger partial charge in [0.2, 0.25) is 5.95 Å². The highest BCUT2D eigenvalue weighted by atomic mass is 19.4. The van der Waals surface area contributed by atoms with Crippen molar-refractivity contribution in [3.8, 4) is 0 Å². The first-order chi connectivity index (χ1) is 10.9. The molecule has 0 saturated heterocycles. The van der Waals surface area contributed by atoms with E-state index in [1.54, 1.807) is 6.92 Å². The molecule has 1 aromatic heterocycles. The van der Waals surface area contributed by atoms with Crippen LogP contribution in [0.1, 0.15) is 28.4 Å². The van der Waals surface area contributed by atoms with Crippen molar-refractivity contribution in [1.29, 1.82) is 0 Å². The monoisotopic (exact) mass is 325 g/mol. The Morgan fingerprint density at radius 1 is 1.22 bits per heavy atom. The Bertz CT molecular complexity index is 672. The van der Waals surface area contributed by atoms with Crippen molar-refractivity contribution >= 4 is 11.9 Å². The van der Waals surface area contributed by atoms with Crippen LogP contribution in [-0.4, -0.2) is 22.5 Å². The summed E-state index contributed by atoms with van der Waals surface area (Å²) in [5.41, 5.74) is -0.457. The molecule has 1 aromatic carbocycles. The molecule has 0 aliphatic heterocycles. The van der Waals surface area contributed by atoms with Gasteiger partial charge >= 0.3 is 12.1 Å². The van der Waals surface area contributed by atoms with Gasteiger partial charge in [-0.1, -0.05) is 18.2 Å². The fourth-order valence-electron chi connectivity index (χ4n) is 1.86. The third-order valence-corrected chi connectivity index (χ3v) is 2.92. The van der Waals surface area contributed by atoms with Crippen molar-refractivity contribution in [1.82, 2.24) is 9.97 Å². The lowest BCUT2D eigenvalue weighted by molar-refractivity contribution is -0.138. The number of benzene rings is 1. The molecule has 2 aromatic rings. The van der Waals surface area contributed by atoms with Gasteiger partial charge in [0.25, 0.3) is 0 Å². The van der Waals surface area contributed by atoms with Crippen LogP contribution >= 0.6 is 0 Å². The number of halogens is 3. The number of esters is 1. The van der Waals surface area contributed by atoms with E-state index in [0.29, 0.717) is 0 Å². The Morgan fingerprint density at radius 3 is 2.48 bits per heavy atom. The molecule has 0 atom stereocenters. The van der Waals surface area contributed by atoms with Gasteiger partial charge in [0.05, 0.1) is 17.7 Å². The van der Waals surface area contributed by atoms with Gasteiger partial charge in [-0.25, -0.2) is 14.8 Å². The standard InChI is InChI=1S/C15H14F3N3O2/c1-2-23-13(22)11-8-20-14(21-9-11)19-7-10-5-3-4-6-12(10)15(16,17)18/h3-6,8-9H,2,7H2,1H3,(H,19,20,21). The van der Waals surface area contributed by atoms with E-state index in [1.165, 1.54) is 30.6 Å². The van der Waals surface area contributed by atoms with E-state index in [2.05, 4.69) is 15.3 Å². The number of hydrogen-bond acceptors (Lipinski definition) is 5. The first-order valence-electron chi connectivity index (χ1n) is 6.80. The predicted octanol–water partition coefficient (Wildman–Crippen LogP) is 3.28. The van der Waals surface area contributed by atoms with Crippen molar-refractivity contribution < 1.29 is 22.7 Å². The Kier molecular flexibility index (Phi) is 5.15. The summed E-state index contributed by atoms with van der Waals surface area (Å²) in [4.78, 5) is 19.2. The summed E-state index contributed by atoms with van der Waals surface area (Å²) < 4.78 is 43.4. The Morgan fingerprint density at radius 2 is 1.87 bits per heavy atom. The van der Waals surface area contributed by atoms with E-state index in [1.807, 2.05) is 0 Å². The van der Waals surface area contributed by atoms with Crippen LogP contribution < -0.4 is 5.32 Å². The summed E-state index contributed by atoms with van der Waals surface area (Å²) in [5, 5.41) is 2.70. The van der Waals surface area contributed by atoms with Gasteiger partial charge in [-0.3, -0.25) is 0 Å². The maximum Gasteiger partial charge on any atom is 0.416 e. The minimum absolute atomic E-state index is 0.0815. The van der Waals surface area contributed by atoms with Crippen LogP contribution in [0.25, 0.3) is 0 Å². The molecule has 0 aliphatic rings. The van der Waals surface area contributed by atoms with Crippen LogP contribution in [0.2, 0.25) is 0 Å². The van der Waals surface area contributed by atoms with Crippen LogP contribution in [0, 0.1) is 0 Å². The van der Waals surface area contributed by atoms with Crippen molar-refractivity contribution in [2.75, 3.05) is 11.9 Å². The fourth-order valence-corrected chi connectivity index (χ4v) is 1.86. The van der Waals surface area contributed by atoms with Crippen molar-refractivity contribution in [3.05, 3.63) is 53.3 Å². The number of carbonyl (C=O) groups excluding carboxylic acids is 1. The number of anilines is 1. The molecule has 23 heavy (non-hydrogen) atoms. The van der Waals surface area contributed by atoms with E-state index < -0.39 is 17.7 Å². The summed E-state index contributed by atoms with van der Waals surface area (Å²) in [7, 11) is 0. The SMILES string of the molecule is CCOC(=O)c1cnc(NCc2ccccc2C(F)(F)F)nc1. The quantitative estimate of drug-likeness (QED) is 0.855. The second-order valence-electron chi connectivity index (χ2n) is 4.52. The summed E-state index contributed by atoms with van der Waals surface area (Å²) in [6.45, 7) is 1.81. The van der Waals surface area contributed by atoms with Crippen LogP contribution in [0.3, 0.4) is 0 Å². The molecule has 1 N–H and O–H groups in total. The predicted molar refractivity (Wildman–Crippen MR) is 76.8 cm³/mol. The zero-order valence-electron chi connectivity index (χ0n) is 12.2. The zero-order valence-corrected chi connectivity index (χ0v) is 12.2. The summed E-state index contributed by atoms with van der Waals surface area (Å²) in [6.07, 6.45) is -1.92. The van der Waals surface area contributed by atoms with Crippen LogP contribution in [-0.2, 0) is 17.5 Å². The number of alkyl halides is 3. The first-order valence-corrected chi connectivity index (χ1v) is 6.80. The average molecular weight is 325 g/mol. The molecular weight excluding hydrogens is 311 g/mol. The Labute approximate surface area is 130 Å². The Balaban J connectivity index is 2.06. The largest absolute Gasteiger partial charge is 0.462 e. The average Bonchev–Trinajstić information content (AvgIpc) is 2.53. The van der Waals surface area contributed by atoms with Gasteiger partial charge in [-0.2, -0.15) is 13.2 Å². The molecule has 1 heterocycles. The van der Waals surface area contributed by atoms with E-state index in [4.69, 9.17) is 4.74 Å². The maximum atomic E-state index is 12.9. The molecule has 0 fully saturated rings. The Hall–Kier alpha value is -2.64. The molecule has 0 saturated carbocycles. The molecule has 5 nitrogen and oxygen atoms in total. The summed E-state index contributed by atoms with van der Waals surface area (Å²) in [6, 6.07) is 5.25. The summed E-state index contributed by atoms with van der Waals surface area (Å²) >= 11 is 0. The number of carbonyl (C=O) groups is 1. The molecule has 0 radical (unpaired) electrons. The summed E-state index contributed by atoms with van der Waals surface area (Å²) in [5.74, 6) is -0.434. The molecular formula is C15H14F3N3O2. The third kappa shape index (κ3) is 4.41. The second kappa shape index (κ2) is 7.08. The van der Waals surface area contributed by atoms with Crippen LogP contribution in [0.4, 0.5) is 19.1 Å². The molecule has 8 heteroatoms. The number of nitrogens with one attached hydrogen (secondary N) is 1. The first kappa shape index (κ1) is 16.7. The van der Waals surface area contributed by atoms with E-state index in [-0.39, 0.29) is 30.2 Å². The van der Waals surface area contributed by atoms with E-state index >= 15 is 0 Å². The minimum Gasteiger partial charge on any atom is -0.462 e. The highest BCUT2D eigenvalue weighted by molar-refractivity contribution is 5.88. The molecule has 0 amide bonds. The maximum absolute atomic E-state index is 12.9. The number of nitrogens with zero attached hydrogens (tertiary/aromatic N) is 2. The lowest BCUT2D eigenvalue weighted by atomic mass is 10.1. The lowest BCUT2D eigenvalue weighted by Crippen LogP contribution is -2.13.